The van der Waals surface area contributed by atoms with E-state index in [2.05, 4.69) is 0 Å². The van der Waals surface area contributed by atoms with Crippen LogP contribution in [0.1, 0.15) is 23.6 Å². The van der Waals surface area contributed by atoms with Crippen LogP contribution in [-0.2, 0) is 11.2 Å². The highest BCUT2D eigenvalue weighted by Crippen LogP contribution is 2.26. The fourth-order valence-electron chi connectivity index (χ4n) is 1.76. The molecule has 1 rings (SSSR count). The molecule has 17 heavy (non-hydrogen) atoms. The summed E-state index contributed by atoms with van der Waals surface area (Å²) in [5.74, 6) is -0.310. The Morgan fingerprint density at radius 3 is 2.35 bits per heavy atom. The molecule has 0 bridgehead atoms. The van der Waals surface area contributed by atoms with Crippen molar-refractivity contribution < 1.29 is 14.6 Å². The lowest BCUT2D eigenvalue weighted by Gasteiger charge is -2.16. The first-order valence-electron chi connectivity index (χ1n) is 5.65. The van der Waals surface area contributed by atoms with Crippen molar-refractivity contribution in [2.45, 2.75) is 33.3 Å². The molecule has 0 aromatic heterocycles. The zero-order chi connectivity index (χ0) is 13.0. The van der Waals surface area contributed by atoms with E-state index in [1.807, 2.05) is 26.0 Å². The number of aryl methyl sites for hydroxylation is 2. The van der Waals surface area contributed by atoms with Gasteiger partial charge in [-0.2, -0.15) is 0 Å². The Kier molecular flexibility index (Phi) is 4.52. The molecule has 1 unspecified atom stereocenters. The van der Waals surface area contributed by atoms with E-state index in [0.717, 1.165) is 23.1 Å². The van der Waals surface area contributed by atoms with E-state index in [1.54, 1.807) is 0 Å². The SMILES string of the molecule is Cc1cc(CCN)cc(C)c1OC(C)C(=O)O. The minimum atomic E-state index is -0.963. The van der Waals surface area contributed by atoms with Crippen molar-refractivity contribution in [3.63, 3.8) is 0 Å². The van der Waals surface area contributed by atoms with Gasteiger partial charge in [0.1, 0.15) is 5.75 Å². The average molecular weight is 237 g/mol. The smallest absolute Gasteiger partial charge is 0.344 e. The van der Waals surface area contributed by atoms with E-state index in [9.17, 15) is 4.79 Å². The second-order valence-corrected chi connectivity index (χ2v) is 4.20. The number of carbonyl (C=O) groups is 1. The fourth-order valence-corrected chi connectivity index (χ4v) is 1.76. The summed E-state index contributed by atoms with van der Waals surface area (Å²) in [5, 5.41) is 8.82. The molecule has 1 atom stereocenters. The number of carboxylic acid groups (broad SMARTS) is 1. The maximum atomic E-state index is 10.8. The second-order valence-electron chi connectivity index (χ2n) is 4.20. The van der Waals surface area contributed by atoms with E-state index < -0.39 is 12.1 Å². The number of aliphatic carboxylic acids is 1. The summed E-state index contributed by atoms with van der Waals surface area (Å²) in [7, 11) is 0. The van der Waals surface area contributed by atoms with Gasteiger partial charge in [0.2, 0.25) is 0 Å². The topological polar surface area (TPSA) is 72.5 Å². The lowest BCUT2D eigenvalue weighted by Crippen LogP contribution is -2.23. The predicted molar refractivity (Wildman–Crippen MR) is 66.4 cm³/mol. The molecule has 0 heterocycles. The maximum absolute atomic E-state index is 10.8. The summed E-state index contributed by atoms with van der Waals surface area (Å²) in [5.41, 5.74) is 8.55. The number of hydrogen-bond acceptors (Lipinski definition) is 3. The minimum Gasteiger partial charge on any atom is -0.479 e. The molecule has 1 aromatic carbocycles. The molecular weight excluding hydrogens is 218 g/mol. The second kappa shape index (κ2) is 5.68. The Morgan fingerprint density at radius 1 is 1.41 bits per heavy atom. The van der Waals surface area contributed by atoms with Crippen LogP contribution in [-0.4, -0.2) is 23.7 Å². The van der Waals surface area contributed by atoms with Crippen LogP contribution in [0, 0.1) is 13.8 Å². The van der Waals surface area contributed by atoms with Gasteiger partial charge in [-0.15, -0.1) is 0 Å². The Morgan fingerprint density at radius 2 is 1.94 bits per heavy atom. The molecule has 0 radical (unpaired) electrons. The quantitative estimate of drug-likeness (QED) is 0.816. The van der Waals surface area contributed by atoms with Gasteiger partial charge in [-0.05, 0) is 50.4 Å². The van der Waals surface area contributed by atoms with Gasteiger partial charge in [-0.3, -0.25) is 0 Å². The van der Waals surface area contributed by atoms with Gasteiger partial charge < -0.3 is 15.6 Å². The summed E-state index contributed by atoms with van der Waals surface area (Å²) in [6, 6.07) is 3.98. The fraction of sp³-hybridized carbons (Fsp3) is 0.462. The van der Waals surface area contributed by atoms with Gasteiger partial charge in [0.05, 0.1) is 0 Å². The van der Waals surface area contributed by atoms with E-state index in [1.165, 1.54) is 6.92 Å². The summed E-state index contributed by atoms with van der Waals surface area (Å²) < 4.78 is 5.44. The number of rotatable bonds is 5. The molecule has 94 valence electrons. The number of ether oxygens (including phenoxy) is 1. The molecule has 0 aliphatic rings. The van der Waals surface area contributed by atoms with Crippen molar-refractivity contribution in [3.8, 4) is 5.75 Å². The van der Waals surface area contributed by atoms with Crippen molar-refractivity contribution in [1.82, 2.24) is 0 Å². The van der Waals surface area contributed by atoms with Crippen LogP contribution in [0.3, 0.4) is 0 Å². The first-order chi connectivity index (χ1) is 7.95. The van der Waals surface area contributed by atoms with Crippen LogP contribution in [0.2, 0.25) is 0 Å². The van der Waals surface area contributed by atoms with Gasteiger partial charge in [-0.1, -0.05) is 12.1 Å². The van der Waals surface area contributed by atoms with Crippen molar-refractivity contribution in [3.05, 3.63) is 28.8 Å². The van der Waals surface area contributed by atoms with Gasteiger partial charge in [0, 0.05) is 0 Å². The molecule has 0 fully saturated rings. The minimum absolute atomic E-state index is 0.602. The van der Waals surface area contributed by atoms with Gasteiger partial charge in [0.15, 0.2) is 6.10 Å². The molecule has 4 heteroatoms. The maximum Gasteiger partial charge on any atom is 0.344 e. The molecule has 3 N–H and O–H groups in total. The number of hydrogen-bond donors (Lipinski definition) is 2. The zero-order valence-electron chi connectivity index (χ0n) is 10.5. The molecule has 4 nitrogen and oxygen atoms in total. The van der Waals surface area contributed by atoms with E-state index in [4.69, 9.17) is 15.6 Å². The monoisotopic (exact) mass is 237 g/mol. The van der Waals surface area contributed by atoms with E-state index in [-0.39, 0.29) is 0 Å². The van der Waals surface area contributed by atoms with Crippen LogP contribution >= 0.6 is 0 Å². The number of carboxylic acids is 1. The van der Waals surface area contributed by atoms with Crippen molar-refractivity contribution in [1.29, 1.82) is 0 Å². The van der Waals surface area contributed by atoms with E-state index >= 15 is 0 Å². The lowest BCUT2D eigenvalue weighted by atomic mass is 10.0. The summed E-state index contributed by atoms with van der Waals surface area (Å²) >= 11 is 0. The molecule has 0 aliphatic carbocycles. The summed E-state index contributed by atoms with van der Waals surface area (Å²) in [6.45, 7) is 5.95. The third-order valence-electron chi connectivity index (χ3n) is 2.60. The first-order valence-corrected chi connectivity index (χ1v) is 5.65. The van der Waals surface area contributed by atoms with Gasteiger partial charge in [-0.25, -0.2) is 4.79 Å². The Labute approximate surface area is 101 Å². The highest BCUT2D eigenvalue weighted by Gasteiger charge is 2.15. The Balaban J connectivity index is 2.97. The predicted octanol–water partition coefficient (Wildman–Crippen LogP) is 1.66. The van der Waals surface area contributed by atoms with Crippen molar-refractivity contribution in [2.75, 3.05) is 6.54 Å². The summed E-state index contributed by atoms with van der Waals surface area (Å²) in [6.07, 6.45) is -0.0241. The highest BCUT2D eigenvalue weighted by atomic mass is 16.5. The van der Waals surface area contributed by atoms with Crippen LogP contribution < -0.4 is 10.5 Å². The Hall–Kier alpha value is -1.55. The standard InChI is InChI=1S/C13H19NO3/c1-8-6-11(4-5-14)7-9(2)12(8)17-10(3)13(15)16/h6-7,10H,4-5,14H2,1-3H3,(H,15,16). The average Bonchev–Trinajstić information content (AvgIpc) is 2.23. The van der Waals surface area contributed by atoms with E-state index in [0.29, 0.717) is 12.3 Å². The third kappa shape index (κ3) is 3.46. The Bertz CT molecular complexity index is 392. The largest absolute Gasteiger partial charge is 0.479 e. The lowest BCUT2D eigenvalue weighted by molar-refractivity contribution is -0.144. The molecule has 0 aliphatic heterocycles. The van der Waals surface area contributed by atoms with Gasteiger partial charge >= 0.3 is 5.97 Å². The number of benzene rings is 1. The van der Waals surface area contributed by atoms with Gasteiger partial charge in [0.25, 0.3) is 0 Å². The third-order valence-corrected chi connectivity index (χ3v) is 2.60. The molecule has 1 aromatic rings. The van der Waals surface area contributed by atoms with Crippen LogP contribution in [0.25, 0.3) is 0 Å². The molecule has 0 spiro atoms. The molecule has 0 saturated carbocycles. The van der Waals surface area contributed by atoms with Crippen LogP contribution in [0.15, 0.2) is 12.1 Å². The first kappa shape index (κ1) is 13.5. The molecular formula is C13H19NO3. The molecule has 0 amide bonds. The van der Waals surface area contributed by atoms with Crippen LogP contribution in [0.5, 0.6) is 5.75 Å². The van der Waals surface area contributed by atoms with Crippen LogP contribution in [0.4, 0.5) is 0 Å². The highest BCUT2D eigenvalue weighted by molar-refractivity contribution is 5.72. The zero-order valence-corrected chi connectivity index (χ0v) is 10.5. The normalized spacial score (nSPS) is 12.2. The van der Waals surface area contributed by atoms with Crippen molar-refractivity contribution >= 4 is 5.97 Å². The number of nitrogens with two attached hydrogens (primary N) is 1. The molecule has 0 saturated heterocycles. The van der Waals surface area contributed by atoms with Crippen molar-refractivity contribution in [2.24, 2.45) is 5.73 Å². The summed E-state index contributed by atoms with van der Waals surface area (Å²) in [4.78, 5) is 10.8.